The van der Waals surface area contributed by atoms with Crippen LogP contribution in [0.1, 0.15) is 35.8 Å². The van der Waals surface area contributed by atoms with Crippen molar-refractivity contribution in [2.75, 3.05) is 16.8 Å². The third-order valence-corrected chi connectivity index (χ3v) is 6.21. The maximum Gasteiger partial charge on any atom is 0.303 e. The van der Waals surface area contributed by atoms with Crippen LogP contribution in [0.2, 0.25) is 0 Å². The van der Waals surface area contributed by atoms with E-state index in [0.717, 1.165) is 5.69 Å². The van der Waals surface area contributed by atoms with Crippen molar-refractivity contribution < 1.29 is 14.7 Å². The molecule has 0 aromatic heterocycles. The SMILES string of the molecule is O=C(O)CCCCC(=O)Nc1cccc(C2SCCS2)c1. The molecule has 2 N–H and O–H groups in total. The maximum atomic E-state index is 11.8. The van der Waals surface area contributed by atoms with Gasteiger partial charge >= 0.3 is 5.97 Å². The number of aliphatic carboxylic acids is 1. The third kappa shape index (κ3) is 5.63. The number of hydrogen-bond donors (Lipinski definition) is 2. The zero-order chi connectivity index (χ0) is 15.1. The summed E-state index contributed by atoms with van der Waals surface area (Å²) in [7, 11) is 0. The predicted molar refractivity (Wildman–Crippen MR) is 88.8 cm³/mol. The van der Waals surface area contributed by atoms with E-state index in [9.17, 15) is 9.59 Å². The lowest BCUT2D eigenvalue weighted by Crippen LogP contribution is -2.11. The number of rotatable bonds is 7. The van der Waals surface area contributed by atoms with E-state index in [1.165, 1.54) is 17.1 Å². The molecule has 1 amide bonds. The van der Waals surface area contributed by atoms with Gasteiger partial charge in [-0.05, 0) is 30.5 Å². The Balaban J connectivity index is 1.80. The molecule has 1 aliphatic heterocycles. The molecular weight excluding hydrogens is 306 g/mol. The van der Waals surface area contributed by atoms with Gasteiger partial charge in [-0.3, -0.25) is 9.59 Å². The largest absolute Gasteiger partial charge is 0.481 e. The zero-order valence-electron chi connectivity index (χ0n) is 11.7. The zero-order valence-corrected chi connectivity index (χ0v) is 13.3. The van der Waals surface area contributed by atoms with Crippen LogP contribution in [0.3, 0.4) is 0 Å². The summed E-state index contributed by atoms with van der Waals surface area (Å²) in [6.07, 6.45) is 1.63. The molecule has 1 fully saturated rings. The van der Waals surface area contributed by atoms with Crippen molar-refractivity contribution in [1.29, 1.82) is 0 Å². The molecule has 1 heterocycles. The highest BCUT2D eigenvalue weighted by atomic mass is 32.2. The fourth-order valence-corrected chi connectivity index (χ4v) is 4.94. The molecule has 1 aromatic carbocycles. The molecule has 1 saturated heterocycles. The van der Waals surface area contributed by atoms with Gasteiger partial charge in [0.25, 0.3) is 0 Å². The van der Waals surface area contributed by atoms with Crippen LogP contribution in [0.5, 0.6) is 0 Å². The summed E-state index contributed by atoms with van der Waals surface area (Å²) in [6.45, 7) is 0. The van der Waals surface area contributed by atoms with E-state index in [4.69, 9.17) is 5.11 Å². The van der Waals surface area contributed by atoms with Gasteiger partial charge in [-0.2, -0.15) is 0 Å². The van der Waals surface area contributed by atoms with Gasteiger partial charge in [0.15, 0.2) is 0 Å². The van der Waals surface area contributed by atoms with Crippen LogP contribution in [-0.2, 0) is 9.59 Å². The van der Waals surface area contributed by atoms with Gasteiger partial charge in [0, 0.05) is 30.0 Å². The Labute approximate surface area is 133 Å². The number of anilines is 1. The number of benzene rings is 1. The normalized spacial score (nSPS) is 15.0. The van der Waals surface area contributed by atoms with Crippen LogP contribution in [-0.4, -0.2) is 28.5 Å². The summed E-state index contributed by atoms with van der Waals surface area (Å²) < 4.78 is 0.470. The molecule has 0 spiro atoms. The van der Waals surface area contributed by atoms with Crippen LogP contribution in [0.25, 0.3) is 0 Å². The minimum atomic E-state index is -0.810. The molecule has 0 unspecified atom stereocenters. The molecule has 21 heavy (non-hydrogen) atoms. The van der Waals surface area contributed by atoms with Crippen molar-refractivity contribution in [3.8, 4) is 0 Å². The van der Waals surface area contributed by atoms with E-state index in [0.29, 0.717) is 23.8 Å². The third-order valence-electron chi connectivity index (χ3n) is 3.11. The Morgan fingerprint density at radius 1 is 1.19 bits per heavy atom. The quantitative estimate of drug-likeness (QED) is 0.747. The molecule has 0 aliphatic carbocycles. The summed E-state index contributed by atoms with van der Waals surface area (Å²) in [4.78, 5) is 22.2. The van der Waals surface area contributed by atoms with E-state index in [1.54, 1.807) is 0 Å². The molecule has 0 saturated carbocycles. The second-order valence-electron chi connectivity index (χ2n) is 4.85. The Bertz CT molecular complexity index is 501. The van der Waals surface area contributed by atoms with Crippen molar-refractivity contribution in [3.05, 3.63) is 29.8 Å². The molecule has 0 radical (unpaired) electrons. The van der Waals surface area contributed by atoms with Crippen molar-refractivity contribution in [1.82, 2.24) is 0 Å². The first-order chi connectivity index (χ1) is 10.1. The Kier molecular flexibility index (Phi) is 6.45. The monoisotopic (exact) mass is 325 g/mol. The highest BCUT2D eigenvalue weighted by molar-refractivity contribution is 8.19. The second-order valence-corrected chi connectivity index (χ2v) is 7.57. The molecular formula is C15H19NO3S2. The highest BCUT2D eigenvalue weighted by Crippen LogP contribution is 2.45. The molecule has 4 nitrogen and oxygen atoms in total. The number of carboxylic acid groups (broad SMARTS) is 1. The van der Waals surface area contributed by atoms with Gasteiger partial charge in [-0.1, -0.05) is 12.1 Å². The van der Waals surface area contributed by atoms with E-state index < -0.39 is 5.97 Å². The first-order valence-corrected chi connectivity index (χ1v) is 9.10. The fourth-order valence-electron chi connectivity index (χ4n) is 2.10. The Morgan fingerprint density at radius 3 is 2.62 bits per heavy atom. The van der Waals surface area contributed by atoms with Gasteiger partial charge in [-0.15, -0.1) is 23.5 Å². The molecule has 1 aromatic rings. The lowest BCUT2D eigenvalue weighted by molar-refractivity contribution is -0.137. The van der Waals surface area contributed by atoms with Crippen LogP contribution < -0.4 is 5.32 Å². The Morgan fingerprint density at radius 2 is 1.90 bits per heavy atom. The summed E-state index contributed by atoms with van der Waals surface area (Å²) in [5.41, 5.74) is 2.06. The molecule has 6 heteroatoms. The predicted octanol–water partition coefficient (Wildman–Crippen LogP) is 3.75. The summed E-state index contributed by atoms with van der Waals surface area (Å²) in [5, 5.41) is 11.4. The highest BCUT2D eigenvalue weighted by Gasteiger charge is 2.18. The van der Waals surface area contributed by atoms with Crippen molar-refractivity contribution >= 4 is 41.1 Å². The van der Waals surface area contributed by atoms with Crippen LogP contribution in [0, 0.1) is 0 Å². The number of carbonyl (C=O) groups excluding carboxylic acids is 1. The van der Waals surface area contributed by atoms with Gasteiger partial charge in [-0.25, -0.2) is 0 Å². The van der Waals surface area contributed by atoms with Crippen LogP contribution in [0.15, 0.2) is 24.3 Å². The number of amides is 1. The maximum absolute atomic E-state index is 11.8. The fraction of sp³-hybridized carbons (Fsp3) is 0.467. The van der Waals surface area contributed by atoms with E-state index in [-0.39, 0.29) is 12.3 Å². The number of nitrogens with one attached hydrogen (secondary N) is 1. The summed E-state index contributed by atoms with van der Waals surface area (Å²) >= 11 is 3.87. The molecule has 0 atom stereocenters. The molecule has 0 bridgehead atoms. The first-order valence-electron chi connectivity index (χ1n) is 7.00. The topological polar surface area (TPSA) is 66.4 Å². The van der Waals surface area contributed by atoms with Gasteiger partial charge < -0.3 is 10.4 Å². The van der Waals surface area contributed by atoms with Crippen molar-refractivity contribution in [2.24, 2.45) is 0 Å². The second kappa shape index (κ2) is 8.34. The van der Waals surface area contributed by atoms with E-state index in [2.05, 4.69) is 11.4 Å². The molecule has 1 aliphatic rings. The van der Waals surface area contributed by atoms with Gasteiger partial charge in [0.05, 0.1) is 4.58 Å². The lowest BCUT2D eigenvalue weighted by atomic mass is 10.1. The van der Waals surface area contributed by atoms with Crippen LogP contribution in [0.4, 0.5) is 5.69 Å². The smallest absolute Gasteiger partial charge is 0.303 e. The average Bonchev–Trinajstić information content (AvgIpc) is 2.98. The first kappa shape index (κ1) is 16.2. The number of carboxylic acids is 1. The number of carbonyl (C=O) groups is 2. The van der Waals surface area contributed by atoms with Crippen molar-refractivity contribution in [3.63, 3.8) is 0 Å². The van der Waals surface area contributed by atoms with Gasteiger partial charge in [0.2, 0.25) is 5.91 Å². The van der Waals surface area contributed by atoms with Gasteiger partial charge in [0.1, 0.15) is 0 Å². The molecule has 114 valence electrons. The number of unbranched alkanes of at least 4 members (excludes halogenated alkanes) is 1. The van der Waals surface area contributed by atoms with Crippen molar-refractivity contribution in [2.45, 2.75) is 30.3 Å². The number of thioether (sulfide) groups is 2. The lowest BCUT2D eigenvalue weighted by Gasteiger charge is -2.11. The number of hydrogen-bond acceptors (Lipinski definition) is 4. The summed E-state index contributed by atoms with van der Waals surface area (Å²) in [6, 6.07) is 7.99. The standard InChI is InChI=1S/C15H19NO3S2/c17-13(6-1-2-7-14(18)19)16-12-5-3-4-11(10-12)15-20-8-9-21-15/h3-5,10,15H,1-2,6-9H2,(H,16,17)(H,18,19). The summed E-state index contributed by atoms with van der Waals surface area (Å²) in [5.74, 6) is 1.49. The van der Waals surface area contributed by atoms with E-state index in [1.807, 2.05) is 41.7 Å². The molecule has 2 rings (SSSR count). The average molecular weight is 325 g/mol. The minimum Gasteiger partial charge on any atom is -0.481 e. The Hall–Kier alpha value is -1.14. The minimum absolute atomic E-state index is 0.0516. The van der Waals surface area contributed by atoms with E-state index >= 15 is 0 Å². The van der Waals surface area contributed by atoms with Crippen LogP contribution >= 0.6 is 23.5 Å².